The molecule has 2 aromatic heterocycles. The summed E-state index contributed by atoms with van der Waals surface area (Å²) in [6.45, 7) is 0. The molecule has 0 fully saturated rings. The van der Waals surface area contributed by atoms with Crippen molar-refractivity contribution in [2.75, 3.05) is 0 Å². The standard InChI is InChI=1S/C10H9N3O/c1-13-7-9(6-12-13)10(14)8-3-2-4-11-5-8/h2-7H,1H3. The topological polar surface area (TPSA) is 47.8 Å². The monoisotopic (exact) mass is 187 g/mol. The van der Waals surface area contributed by atoms with Crippen molar-refractivity contribution in [3.63, 3.8) is 0 Å². The van der Waals surface area contributed by atoms with Crippen LogP contribution < -0.4 is 0 Å². The van der Waals surface area contributed by atoms with Gasteiger partial charge in [-0.2, -0.15) is 5.10 Å². The summed E-state index contributed by atoms with van der Waals surface area (Å²) in [5.74, 6) is -0.0498. The highest BCUT2D eigenvalue weighted by atomic mass is 16.1. The van der Waals surface area contributed by atoms with Crippen LogP contribution in [0, 0.1) is 0 Å². The summed E-state index contributed by atoms with van der Waals surface area (Å²) >= 11 is 0. The van der Waals surface area contributed by atoms with Crippen LogP contribution in [0.5, 0.6) is 0 Å². The number of nitrogens with zero attached hydrogens (tertiary/aromatic N) is 3. The third kappa shape index (κ3) is 1.54. The van der Waals surface area contributed by atoms with Crippen molar-refractivity contribution >= 4 is 5.78 Å². The SMILES string of the molecule is Cn1cc(C(=O)c2cccnc2)cn1. The van der Waals surface area contributed by atoms with Crippen LogP contribution in [-0.4, -0.2) is 20.5 Å². The highest BCUT2D eigenvalue weighted by molar-refractivity contribution is 6.08. The number of aryl methyl sites for hydroxylation is 1. The number of ketones is 1. The van der Waals surface area contributed by atoms with Crippen molar-refractivity contribution in [2.24, 2.45) is 7.05 Å². The minimum absolute atomic E-state index is 0.0498. The third-order valence-corrected chi connectivity index (χ3v) is 1.89. The predicted molar refractivity (Wildman–Crippen MR) is 50.9 cm³/mol. The molecule has 2 aromatic rings. The molecule has 0 saturated carbocycles. The zero-order valence-electron chi connectivity index (χ0n) is 7.71. The van der Waals surface area contributed by atoms with E-state index in [1.165, 1.54) is 0 Å². The van der Waals surface area contributed by atoms with E-state index in [0.717, 1.165) is 0 Å². The molecular weight excluding hydrogens is 178 g/mol. The number of carbonyl (C=O) groups is 1. The van der Waals surface area contributed by atoms with Gasteiger partial charge in [0.05, 0.1) is 11.8 Å². The molecule has 0 unspecified atom stereocenters. The predicted octanol–water partition coefficient (Wildman–Crippen LogP) is 1.05. The number of hydrogen-bond donors (Lipinski definition) is 0. The first-order valence-corrected chi connectivity index (χ1v) is 4.21. The Morgan fingerprint density at radius 2 is 2.21 bits per heavy atom. The van der Waals surface area contributed by atoms with Gasteiger partial charge in [-0.1, -0.05) is 0 Å². The van der Waals surface area contributed by atoms with Gasteiger partial charge < -0.3 is 0 Å². The molecular formula is C10H9N3O. The van der Waals surface area contributed by atoms with E-state index in [1.54, 1.807) is 48.6 Å². The van der Waals surface area contributed by atoms with Gasteiger partial charge in [0.1, 0.15) is 0 Å². The average Bonchev–Trinajstić information content (AvgIpc) is 2.65. The first-order chi connectivity index (χ1) is 6.77. The molecule has 0 aliphatic rings. The lowest BCUT2D eigenvalue weighted by Gasteiger charge is -1.94. The van der Waals surface area contributed by atoms with Gasteiger partial charge in [-0.15, -0.1) is 0 Å². The molecule has 0 aliphatic heterocycles. The van der Waals surface area contributed by atoms with E-state index in [1.807, 2.05) is 0 Å². The van der Waals surface area contributed by atoms with E-state index in [2.05, 4.69) is 10.1 Å². The molecule has 0 radical (unpaired) electrons. The first-order valence-electron chi connectivity index (χ1n) is 4.21. The van der Waals surface area contributed by atoms with Crippen LogP contribution in [0.15, 0.2) is 36.9 Å². The van der Waals surface area contributed by atoms with Crippen LogP contribution in [0.3, 0.4) is 0 Å². The molecule has 0 saturated heterocycles. The average molecular weight is 187 g/mol. The van der Waals surface area contributed by atoms with Crippen molar-refractivity contribution in [1.29, 1.82) is 0 Å². The van der Waals surface area contributed by atoms with Gasteiger partial charge in [-0.3, -0.25) is 14.5 Å². The largest absolute Gasteiger partial charge is 0.288 e. The second kappa shape index (κ2) is 3.41. The Morgan fingerprint density at radius 3 is 2.79 bits per heavy atom. The fraction of sp³-hybridized carbons (Fsp3) is 0.100. The molecule has 14 heavy (non-hydrogen) atoms. The Hall–Kier alpha value is -1.97. The van der Waals surface area contributed by atoms with Crippen LogP contribution in [0.2, 0.25) is 0 Å². The molecule has 0 spiro atoms. The van der Waals surface area contributed by atoms with E-state index < -0.39 is 0 Å². The lowest BCUT2D eigenvalue weighted by molar-refractivity contribution is 0.103. The van der Waals surface area contributed by atoms with E-state index in [-0.39, 0.29) is 5.78 Å². The fourth-order valence-corrected chi connectivity index (χ4v) is 1.20. The molecule has 2 heterocycles. The van der Waals surface area contributed by atoms with E-state index in [9.17, 15) is 4.79 Å². The number of carbonyl (C=O) groups excluding carboxylic acids is 1. The van der Waals surface area contributed by atoms with E-state index in [4.69, 9.17) is 0 Å². The second-order valence-corrected chi connectivity index (χ2v) is 2.97. The van der Waals surface area contributed by atoms with Crippen LogP contribution in [0.25, 0.3) is 0 Å². The highest BCUT2D eigenvalue weighted by Crippen LogP contribution is 2.06. The van der Waals surface area contributed by atoms with Crippen molar-refractivity contribution in [3.05, 3.63) is 48.0 Å². The number of aromatic nitrogens is 3. The van der Waals surface area contributed by atoms with Crippen LogP contribution >= 0.6 is 0 Å². The summed E-state index contributed by atoms with van der Waals surface area (Å²) in [6.07, 6.45) is 6.43. The molecule has 0 amide bonds. The molecule has 0 bridgehead atoms. The van der Waals surface area contributed by atoms with Crippen LogP contribution in [0.4, 0.5) is 0 Å². The maximum absolute atomic E-state index is 11.8. The van der Waals surface area contributed by atoms with E-state index >= 15 is 0 Å². The Morgan fingerprint density at radius 1 is 1.36 bits per heavy atom. The van der Waals surface area contributed by atoms with Crippen molar-refractivity contribution < 1.29 is 4.79 Å². The molecule has 0 aromatic carbocycles. The lowest BCUT2D eigenvalue weighted by Crippen LogP contribution is -1.99. The second-order valence-electron chi connectivity index (χ2n) is 2.97. The minimum atomic E-state index is -0.0498. The van der Waals surface area contributed by atoms with Gasteiger partial charge in [0.25, 0.3) is 0 Å². The minimum Gasteiger partial charge on any atom is -0.288 e. The summed E-state index contributed by atoms with van der Waals surface area (Å²) in [5, 5.41) is 3.94. The van der Waals surface area contributed by atoms with Gasteiger partial charge >= 0.3 is 0 Å². The Kier molecular flexibility index (Phi) is 2.10. The molecule has 0 N–H and O–H groups in total. The van der Waals surface area contributed by atoms with Gasteiger partial charge in [-0.05, 0) is 12.1 Å². The number of hydrogen-bond acceptors (Lipinski definition) is 3. The van der Waals surface area contributed by atoms with Crippen molar-refractivity contribution in [1.82, 2.24) is 14.8 Å². The Balaban J connectivity index is 2.34. The fourth-order valence-electron chi connectivity index (χ4n) is 1.20. The maximum Gasteiger partial charge on any atom is 0.197 e. The lowest BCUT2D eigenvalue weighted by atomic mass is 10.1. The highest BCUT2D eigenvalue weighted by Gasteiger charge is 2.09. The van der Waals surface area contributed by atoms with Gasteiger partial charge in [0.15, 0.2) is 5.78 Å². The zero-order chi connectivity index (χ0) is 9.97. The van der Waals surface area contributed by atoms with Crippen LogP contribution in [-0.2, 0) is 7.05 Å². The van der Waals surface area contributed by atoms with Crippen molar-refractivity contribution in [2.45, 2.75) is 0 Å². The van der Waals surface area contributed by atoms with Gasteiger partial charge in [0.2, 0.25) is 0 Å². The van der Waals surface area contributed by atoms with Gasteiger partial charge in [0, 0.05) is 31.2 Å². The molecule has 0 aliphatic carbocycles. The summed E-state index contributed by atoms with van der Waals surface area (Å²) < 4.78 is 1.60. The van der Waals surface area contributed by atoms with E-state index in [0.29, 0.717) is 11.1 Å². The smallest absolute Gasteiger partial charge is 0.197 e. The summed E-state index contributed by atoms with van der Waals surface area (Å²) in [5.41, 5.74) is 1.17. The molecule has 2 rings (SSSR count). The summed E-state index contributed by atoms with van der Waals surface area (Å²) in [7, 11) is 1.78. The molecule has 0 atom stereocenters. The third-order valence-electron chi connectivity index (χ3n) is 1.89. The first kappa shape index (κ1) is 8.62. The summed E-state index contributed by atoms with van der Waals surface area (Å²) in [6, 6.07) is 3.48. The molecule has 4 nitrogen and oxygen atoms in total. The zero-order valence-corrected chi connectivity index (χ0v) is 7.71. The number of rotatable bonds is 2. The molecule has 4 heteroatoms. The summed E-state index contributed by atoms with van der Waals surface area (Å²) in [4.78, 5) is 15.7. The normalized spacial score (nSPS) is 10.1. The molecule has 70 valence electrons. The van der Waals surface area contributed by atoms with Crippen molar-refractivity contribution in [3.8, 4) is 0 Å². The van der Waals surface area contributed by atoms with Gasteiger partial charge in [-0.25, -0.2) is 0 Å². The Labute approximate surface area is 81.2 Å². The quantitative estimate of drug-likeness (QED) is 0.660. The maximum atomic E-state index is 11.8. The Bertz CT molecular complexity index is 447. The number of pyridine rings is 1. The van der Waals surface area contributed by atoms with Crippen LogP contribution in [0.1, 0.15) is 15.9 Å².